The van der Waals surface area contributed by atoms with Gasteiger partial charge in [-0.2, -0.15) is 0 Å². The monoisotopic (exact) mass is 580 g/mol. The Morgan fingerprint density at radius 1 is 0.500 bits per heavy atom. The van der Waals surface area contributed by atoms with Gasteiger partial charge in [-0.1, -0.05) is 103 Å². The third-order valence-corrected chi connectivity index (χ3v) is 9.37. The topological polar surface area (TPSA) is 41.9 Å². The summed E-state index contributed by atoms with van der Waals surface area (Å²) in [4.78, 5) is 17.1. The van der Waals surface area contributed by atoms with Gasteiger partial charge in [-0.3, -0.25) is 0 Å². The second kappa shape index (κ2) is 9.97. The largest absolute Gasteiger partial charge is 0.316 e. The van der Waals surface area contributed by atoms with Crippen LogP contribution in [-0.4, -0.2) is 15.0 Å². The molecule has 0 bridgehead atoms. The lowest BCUT2D eigenvalue weighted by Gasteiger charge is -2.27. The third kappa shape index (κ3) is 4.02. The summed E-state index contributed by atoms with van der Waals surface area (Å²) < 4.78 is 2.64. The summed E-state index contributed by atoms with van der Waals surface area (Å²) in [7, 11) is 0. The minimum absolute atomic E-state index is 0.644. The van der Waals surface area contributed by atoms with Crippen LogP contribution in [0.5, 0.6) is 0 Å². The van der Waals surface area contributed by atoms with Gasteiger partial charge in [0.2, 0.25) is 0 Å². The summed E-state index contributed by atoms with van der Waals surface area (Å²) in [5, 5.41) is 5.17. The van der Waals surface area contributed by atoms with Crippen LogP contribution >= 0.6 is 11.3 Å². The fourth-order valence-corrected chi connectivity index (χ4v) is 7.41. The molecule has 0 unspecified atom stereocenters. The zero-order valence-electron chi connectivity index (χ0n) is 23.6. The Morgan fingerprint density at radius 2 is 1.14 bits per heavy atom. The molecule has 0 fully saturated rings. The highest BCUT2D eigenvalue weighted by molar-refractivity contribution is 7.26. The summed E-state index contributed by atoms with van der Waals surface area (Å²) >= 11 is 1.87. The fourth-order valence-electron chi connectivity index (χ4n) is 6.24. The van der Waals surface area contributed by atoms with Crippen molar-refractivity contribution >= 4 is 59.7 Å². The zero-order chi connectivity index (χ0) is 29.0. The molecule has 4 nitrogen and oxygen atoms in total. The van der Waals surface area contributed by atoms with Crippen molar-refractivity contribution in [1.82, 2.24) is 15.0 Å². The van der Waals surface area contributed by atoms with Crippen molar-refractivity contribution in [2.75, 3.05) is 4.90 Å². The molecule has 0 saturated carbocycles. The standard InChI is InChI=1S/C39H24N4S/c1-3-11-25(12-4-1)37-40-38(26-13-5-2-6-14-26)42-39(41-37)28-16-9-17-29(23-28)43-22-21-31-35-27(15-10-19-32(35)43)24-34-36(31)30-18-7-8-20-33(30)44-34/h1-24H. The van der Waals surface area contributed by atoms with Crippen LogP contribution in [0.1, 0.15) is 5.56 Å². The molecule has 0 atom stereocenters. The molecule has 3 heterocycles. The van der Waals surface area contributed by atoms with Gasteiger partial charge in [-0.05, 0) is 47.4 Å². The molecule has 1 aliphatic heterocycles. The van der Waals surface area contributed by atoms with E-state index in [1.165, 1.54) is 42.2 Å². The summed E-state index contributed by atoms with van der Waals surface area (Å²) in [6.45, 7) is 0. The van der Waals surface area contributed by atoms with E-state index < -0.39 is 0 Å². The number of hydrogen-bond donors (Lipinski definition) is 0. The smallest absolute Gasteiger partial charge is 0.164 e. The van der Waals surface area contributed by atoms with Crippen LogP contribution in [0, 0.1) is 0 Å². The first-order valence-electron chi connectivity index (χ1n) is 14.6. The van der Waals surface area contributed by atoms with E-state index in [1.807, 2.05) is 72.0 Å². The average Bonchev–Trinajstić information content (AvgIpc) is 3.47. The SMILES string of the molecule is C1=CN(c2cccc(-c3nc(-c4ccccc4)nc(-c4ccccc4)n3)c2)c2cccc3cc4sc5ccccc5c4c1c23. The van der Waals surface area contributed by atoms with Gasteiger partial charge in [-0.25, -0.2) is 15.0 Å². The predicted octanol–water partition coefficient (Wildman–Crippen LogP) is 10.5. The normalized spacial score (nSPS) is 12.4. The quantitative estimate of drug-likeness (QED) is 0.208. The van der Waals surface area contributed by atoms with Gasteiger partial charge in [0, 0.05) is 54.1 Å². The van der Waals surface area contributed by atoms with E-state index in [1.54, 1.807) is 0 Å². The first-order valence-corrected chi connectivity index (χ1v) is 15.4. The second-order valence-corrected chi connectivity index (χ2v) is 12.0. The van der Waals surface area contributed by atoms with Crippen LogP contribution in [0.25, 0.3) is 71.2 Å². The van der Waals surface area contributed by atoms with E-state index in [-0.39, 0.29) is 0 Å². The van der Waals surface area contributed by atoms with Crippen LogP contribution in [0.15, 0.2) is 140 Å². The Bertz CT molecular complexity index is 2340. The number of benzene rings is 6. The molecular formula is C39H24N4S. The molecule has 2 aromatic heterocycles. The molecule has 1 aliphatic rings. The van der Waals surface area contributed by atoms with E-state index in [2.05, 4.69) is 90.0 Å². The Labute approximate surface area is 258 Å². The molecular weight excluding hydrogens is 557 g/mol. The van der Waals surface area contributed by atoms with Gasteiger partial charge >= 0.3 is 0 Å². The maximum Gasteiger partial charge on any atom is 0.164 e. The van der Waals surface area contributed by atoms with Crippen LogP contribution in [0.4, 0.5) is 11.4 Å². The summed E-state index contributed by atoms with van der Waals surface area (Å²) in [5.41, 5.74) is 6.35. The van der Waals surface area contributed by atoms with Crippen molar-refractivity contribution in [3.05, 3.63) is 145 Å². The predicted molar refractivity (Wildman–Crippen MR) is 184 cm³/mol. The minimum Gasteiger partial charge on any atom is -0.316 e. The van der Waals surface area contributed by atoms with Crippen molar-refractivity contribution in [1.29, 1.82) is 0 Å². The van der Waals surface area contributed by atoms with E-state index in [0.717, 1.165) is 22.4 Å². The molecule has 0 spiro atoms. The van der Waals surface area contributed by atoms with Crippen LogP contribution in [-0.2, 0) is 0 Å². The van der Waals surface area contributed by atoms with E-state index in [9.17, 15) is 0 Å². The summed E-state index contributed by atoms with van der Waals surface area (Å²) in [6, 6.07) is 46.3. The van der Waals surface area contributed by atoms with E-state index in [4.69, 9.17) is 15.0 Å². The maximum absolute atomic E-state index is 4.96. The highest BCUT2D eigenvalue weighted by Gasteiger charge is 2.21. The number of anilines is 2. The molecule has 44 heavy (non-hydrogen) atoms. The van der Waals surface area contributed by atoms with Crippen molar-refractivity contribution in [3.8, 4) is 34.2 Å². The van der Waals surface area contributed by atoms with Crippen molar-refractivity contribution in [3.63, 3.8) is 0 Å². The van der Waals surface area contributed by atoms with Gasteiger partial charge in [0.25, 0.3) is 0 Å². The third-order valence-electron chi connectivity index (χ3n) is 8.25. The van der Waals surface area contributed by atoms with Gasteiger partial charge in [0.15, 0.2) is 17.5 Å². The molecule has 0 amide bonds. The zero-order valence-corrected chi connectivity index (χ0v) is 24.4. The van der Waals surface area contributed by atoms with Crippen molar-refractivity contribution in [2.45, 2.75) is 0 Å². The van der Waals surface area contributed by atoms with Crippen LogP contribution in [0.3, 0.4) is 0 Å². The van der Waals surface area contributed by atoms with E-state index >= 15 is 0 Å². The number of hydrogen-bond acceptors (Lipinski definition) is 5. The fraction of sp³-hybridized carbons (Fsp3) is 0. The Balaban J connectivity index is 1.19. The van der Waals surface area contributed by atoms with Crippen molar-refractivity contribution in [2.24, 2.45) is 0 Å². The highest BCUT2D eigenvalue weighted by Crippen LogP contribution is 2.46. The molecule has 6 aromatic carbocycles. The van der Waals surface area contributed by atoms with Gasteiger partial charge in [-0.15, -0.1) is 11.3 Å². The Kier molecular flexibility index (Phi) is 5.64. The maximum atomic E-state index is 4.96. The summed E-state index contributed by atoms with van der Waals surface area (Å²) in [6.07, 6.45) is 4.47. The first-order chi connectivity index (χ1) is 21.8. The Morgan fingerprint density at radius 3 is 1.89 bits per heavy atom. The highest BCUT2D eigenvalue weighted by atomic mass is 32.1. The first kappa shape index (κ1) is 24.9. The van der Waals surface area contributed by atoms with Gasteiger partial charge in [0.05, 0.1) is 5.69 Å². The Hall–Kier alpha value is -5.65. The van der Waals surface area contributed by atoms with E-state index in [0.29, 0.717) is 17.5 Å². The lowest BCUT2D eigenvalue weighted by Crippen LogP contribution is -2.12. The van der Waals surface area contributed by atoms with Gasteiger partial charge in [0.1, 0.15) is 0 Å². The number of rotatable bonds is 4. The van der Waals surface area contributed by atoms with Crippen molar-refractivity contribution < 1.29 is 0 Å². The second-order valence-electron chi connectivity index (χ2n) is 10.9. The minimum atomic E-state index is 0.644. The number of fused-ring (bicyclic) bond motifs is 4. The molecule has 0 saturated heterocycles. The molecule has 5 heteroatoms. The average molecular weight is 581 g/mol. The van der Waals surface area contributed by atoms with Crippen LogP contribution < -0.4 is 4.90 Å². The molecule has 0 radical (unpaired) electrons. The number of aromatic nitrogens is 3. The summed E-state index contributed by atoms with van der Waals surface area (Å²) in [5.74, 6) is 1.96. The van der Waals surface area contributed by atoms with Gasteiger partial charge < -0.3 is 4.90 Å². The number of thiophene rings is 1. The lowest BCUT2D eigenvalue weighted by molar-refractivity contribution is 1.07. The lowest BCUT2D eigenvalue weighted by atomic mass is 9.94. The number of nitrogens with zero attached hydrogens (tertiary/aromatic N) is 4. The molecule has 8 aromatic rings. The van der Waals surface area contributed by atoms with Crippen LogP contribution in [0.2, 0.25) is 0 Å². The molecule has 9 rings (SSSR count). The molecule has 0 N–H and O–H groups in total. The molecule has 206 valence electrons. The molecule has 0 aliphatic carbocycles.